The molecule has 0 amide bonds. The number of hydrogen-bond acceptors (Lipinski definition) is 2. The van der Waals surface area contributed by atoms with Crippen LogP contribution in [0.5, 0.6) is 0 Å². The van der Waals surface area contributed by atoms with E-state index in [1.165, 1.54) is 0 Å². The summed E-state index contributed by atoms with van der Waals surface area (Å²) >= 11 is 0. The lowest BCUT2D eigenvalue weighted by molar-refractivity contribution is 0.0984. The van der Waals surface area contributed by atoms with E-state index < -0.39 is 0 Å². The van der Waals surface area contributed by atoms with Crippen LogP contribution in [0.2, 0.25) is 0 Å². The fourth-order valence-corrected chi connectivity index (χ4v) is 2.05. The number of carbonyl (C=O) groups excluding carboxylic acids is 1. The molecular weight excluding hydrogens is 258 g/mol. The minimum atomic E-state index is -0.340. The number of hydrogen-bond donors (Lipinski definition) is 0. The van der Waals surface area contributed by atoms with Gasteiger partial charge in [0.2, 0.25) is 0 Å². The van der Waals surface area contributed by atoms with Crippen molar-refractivity contribution >= 4 is 12.0 Å². The molecule has 2 aromatic rings. The number of aliphatic imine (C=N–C) groups is 1. The zero-order valence-electron chi connectivity index (χ0n) is 12.8. The van der Waals surface area contributed by atoms with Crippen LogP contribution < -0.4 is 0 Å². The average molecular weight is 279 g/mol. The van der Waals surface area contributed by atoms with E-state index in [1.807, 2.05) is 81.4 Å². The van der Waals surface area contributed by atoms with Crippen LogP contribution in [0.25, 0.3) is 0 Å². The second kappa shape index (κ2) is 6.49. The topological polar surface area (TPSA) is 29.4 Å². The minimum Gasteiger partial charge on any atom is -0.293 e. The van der Waals surface area contributed by atoms with Crippen LogP contribution in [0.15, 0.2) is 65.7 Å². The van der Waals surface area contributed by atoms with Gasteiger partial charge in [-0.2, -0.15) is 0 Å². The van der Waals surface area contributed by atoms with Crippen molar-refractivity contribution in [3.8, 4) is 0 Å². The van der Waals surface area contributed by atoms with E-state index in [0.717, 1.165) is 5.56 Å². The molecule has 21 heavy (non-hydrogen) atoms. The van der Waals surface area contributed by atoms with Crippen LogP contribution in [0.4, 0.5) is 0 Å². The Morgan fingerprint density at radius 3 is 2.00 bits per heavy atom. The molecule has 0 aliphatic heterocycles. The minimum absolute atomic E-state index is 0.0785. The first-order valence-electron chi connectivity index (χ1n) is 7.17. The van der Waals surface area contributed by atoms with Crippen molar-refractivity contribution in [3.05, 3.63) is 71.8 Å². The van der Waals surface area contributed by atoms with Crippen molar-refractivity contribution in [2.24, 2.45) is 4.99 Å². The second-order valence-corrected chi connectivity index (χ2v) is 6.07. The number of carbonyl (C=O) groups is 1. The zero-order valence-corrected chi connectivity index (χ0v) is 12.8. The van der Waals surface area contributed by atoms with Crippen molar-refractivity contribution in [1.29, 1.82) is 0 Å². The highest BCUT2D eigenvalue weighted by molar-refractivity contribution is 6.10. The Labute approximate surface area is 126 Å². The average Bonchev–Trinajstić information content (AvgIpc) is 2.48. The normalized spacial score (nSPS) is 13.3. The third kappa shape index (κ3) is 4.38. The first kappa shape index (κ1) is 15.2. The van der Waals surface area contributed by atoms with Crippen molar-refractivity contribution in [2.75, 3.05) is 0 Å². The van der Waals surface area contributed by atoms with Gasteiger partial charge in [0.15, 0.2) is 5.78 Å². The fourth-order valence-electron chi connectivity index (χ4n) is 2.05. The van der Waals surface area contributed by atoms with Crippen molar-refractivity contribution < 1.29 is 4.79 Å². The van der Waals surface area contributed by atoms with Gasteiger partial charge in [-0.1, -0.05) is 60.7 Å². The lowest BCUT2D eigenvalue weighted by Crippen LogP contribution is -2.18. The zero-order chi connectivity index (χ0) is 15.3. The lowest BCUT2D eigenvalue weighted by Gasteiger charge is -2.16. The summed E-state index contributed by atoms with van der Waals surface area (Å²) in [6, 6.07) is 19.2. The van der Waals surface area contributed by atoms with Crippen LogP contribution in [0.1, 0.15) is 42.6 Å². The summed E-state index contributed by atoms with van der Waals surface area (Å²) in [7, 11) is 0. The molecule has 0 saturated carbocycles. The van der Waals surface area contributed by atoms with E-state index in [-0.39, 0.29) is 17.2 Å². The quantitative estimate of drug-likeness (QED) is 0.597. The third-order valence-corrected chi connectivity index (χ3v) is 3.11. The number of rotatable bonds is 4. The predicted molar refractivity (Wildman–Crippen MR) is 88.2 cm³/mol. The summed E-state index contributed by atoms with van der Waals surface area (Å²) in [6.07, 6.45) is 1.78. The Bertz CT molecular complexity index is 609. The van der Waals surface area contributed by atoms with Crippen LogP contribution in [-0.2, 0) is 0 Å². The molecule has 1 unspecified atom stereocenters. The molecule has 0 saturated heterocycles. The summed E-state index contributed by atoms with van der Waals surface area (Å²) in [4.78, 5) is 17.3. The lowest BCUT2D eigenvalue weighted by atomic mass is 9.91. The molecule has 2 nitrogen and oxygen atoms in total. The molecule has 2 aromatic carbocycles. The summed E-state index contributed by atoms with van der Waals surface area (Å²) in [5.41, 5.74) is 1.50. The highest BCUT2D eigenvalue weighted by Crippen LogP contribution is 2.20. The summed E-state index contributed by atoms with van der Waals surface area (Å²) in [6.45, 7) is 6.08. The molecule has 0 radical (unpaired) electrons. The van der Waals surface area contributed by atoms with Gasteiger partial charge in [-0.15, -0.1) is 0 Å². The highest BCUT2D eigenvalue weighted by atomic mass is 16.1. The number of nitrogens with zero attached hydrogens (tertiary/aromatic N) is 1. The van der Waals surface area contributed by atoms with Gasteiger partial charge in [-0.3, -0.25) is 9.79 Å². The smallest absolute Gasteiger partial charge is 0.175 e. The van der Waals surface area contributed by atoms with Gasteiger partial charge in [-0.25, -0.2) is 0 Å². The largest absolute Gasteiger partial charge is 0.293 e. The fraction of sp³-hybridized carbons (Fsp3) is 0.263. The molecule has 0 fully saturated rings. The summed E-state index contributed by atoms with van der Waals surface area (Å²) in [5, 5.41) is 0. The van der Waals surface area contributed by atoms with Gasteiger partial charge < -0.3 is 0 Å². The van der Waals surface area contributed by atoms with E-state index in [1.54, 1.807) is 6.21 Å². The van der Waals surface area contributed by atoms with E-state index in [0.29, 0.717) is 5.56 Å². The molecule has 0 aliphatic carbocycles. The van der Waals surface area contributed by atoms with Gasteiger partial charge in [0, 0.05) is 11.8 Å². The number of Topliss-reactive ketones (excluding diaryl/α,β-unsaturated/α-hetero) is 1. The number of ketones is 1. The molecule has 0 aliphatic rings. The van der Waals surface area contributed by atoms with Gasteiger partial charge >= 0.3 is 0 Å². The molecule has 2 rings (SSSR count). The maximum Gasteiger partial charge on any atom is 0.175 e. The van der Waals surface area contributed by atoms with E-state index in [4.69, 9.17) is 0 Å². The second-order valence-electron chi connectivity index (χ2n) is 6.07. The third-order valence-electron chi connectivity index (χ3n) is 3.11. The van der Waals surface area contributed by atoms with Crippen molar-refractivity contribution in [3.63, 3.8) is 0 Å². The maximum atomic E-state index is 12.8. The van der Waals surface area contributed by atoms with Crippen LogP contribution >= 0.6 is 0 Å². The van der Waals surface area contributed by atoms with Gasteiger partial charge in [-0.05, 0) is 26.3 Å². The molecule has 2 heteroatoms. The molecule has 0 aromatic heterocycles. The Balaban J connectivity index is 2.37. The molecule has 0 heterocycles. The molecule has 0 spiro atoms. The maximum absolute atomic E-state index is 12.8. The van der Waals surface area contributed by atoms with Gasteiger partial charge in [0.05, 0.1) is 11.5 Å². The van der Waals surface area contributed by atoms with Gasteiger partial charge in [0.25, 0.3) is 0 Å². The molecular formula is C19H21NO. The molecule has 0 bridgehead atoms. The number of benzene rings is 2. The standard InChI is InChI=1S/C19H21NO/c1-19(2,3)20-14-17(15-10-6-4-7-11-15)18(21)16-12-8-5-9-13-16/h4-14,17H,1-3H3. The molecule has 108 valence electrons. The van der Waals surface area contributed by atoms with Crippen LogP contribution in [0.3, 0.4) is 0 Å². The van der Waals surface area contributed by atoms with Crippen molar-refractivity contribution in [1.82, 2.24) is 0 Å². The monoisotopic (exact) mass is 279 g/mol. The van der Waals surface area contributed by atoms with Gasteiger partial charge in [0.1, 0.15) is 0 Å². The van der Waals surface area contributed by atoms with Crippen molar-refractivity contribution in [2.45, 2.75) is 32.2 Å². The molecule has 0 N–H and O–H groups in total. The van der Waals surface area contributed by atoms with E-state index >= 15 is 0 Å². The van der Waals surface area contributed by atoms with E-state index in [9.17, 15) is 4.79 Å². The van der Waals surface area contributed by atoms with Crippen LogP contribution in [0, 0.1) is 0 Å². The summed E-state index contributed by atoms with van der Waals surface area (Å²) < 4.78 is 0. The highest BCUT2D eigenvalue weighted by Gasteiger charge is 2.20. The Morgan fingerprint density at radius 2 is 1.48 bits per heavy atom. The molecule has 1 atom stereocenters. The van der Waals surface area contributed by atoms with E-state index in [2.05, 4.69) is 4.99 Å². The Hall–Kier alpha value is -2.22. The SMILES string of the molecule is CC(C)(C)N=CC(C(=O)c1ccccc1)c1ccccc1. The van der Waals surface area contributed by atoms with Crippen LogP contribution in [-0.4, -0.2) is 17.5 Å². The first-order chi connectivity index (χ1) is 9.97. The first-order valence-corrected chi connectivity index (χ1v) is 7.17. The predicted octanol–water partition coefficient (Wildman–Crippen LogP) is 4.52. The summed E-state index contributed by atoms with van der Waals surface area (Å²) in [5.74, 6) is -0.261. The Kier molecular flexibility index (Phi) is 4.69. The Morgan fingerprint density at radius 1 is 0.952 bits per heavy atom.